The summed E-state index contributed by atoms with van der Waals surface area (Å²) in [6, 6.07) is 2.10. The normalized spacial score (nSPS) is 28.0. The van der Waals surface area contributed by atoms with Crippen molar-refractivity contribution in [3.8, 4) is 6.07 Å². The Labute approximate surface area is 126 Å². The number of hydrogen-bond acceptors (Lipinski definition) is 6. The summed E-state index contributed by atoms with van der Waals surface area (Å²) in [6.45, 7) is 10.0. The van der Waals surface area contributed by atoms with Gasteiger partial charge in [-0.2, -0.15) is 5.26 Å². The molecule has 2 atom stereocenters. The number of nitrogens with zero attached hydrogens (tertiary/aromatic N) is 3. The van der Waals surface area contributed by atoms with Gasteiger partial charge in [-0.25, -0.2) is 4.79 Å². The third-order valence-electron chi connectivity index (χ3n) is 3.68. The zero-order valence-corrected chi connectivity index (χ0v) is 13.1. The van der Waals surface area contributed by atoms with Crippen LogP contribution in [0.25, 0.3) is 0 Å². The Morgan fingerprint density at radius 2 is 1.86 bits per heavy atom. The van der Waals surface area contributed by atoms with Gasteiger partial charge in [-0.3, -0.25) is 15.5 Å². The first-order valence-corrected chi connectivity index (χ1v) is 7.47. The molecule has 7 heteroatoms. The molecule has 2 aliphatic heterocycles. The van der Waals surface area contributed by atoms with Crippen molar-refractivity contribution in [3.63, 3.8) is 0 Å². The lowest BCUT2D eigenvalue weighted by Gasteiger charge is -2.41. The Morgan fingerprint density at radius 3 is 2.33 bits per heavy atom. The van der Waals surface area contributed by atoms with Crippen LogP contribution < -0.4 is 10.6 Å². The molecule has 0 aromatic rings. The molecular formula is C14H25N5O2. The molecule has 2 fully saturated rings. The van der Waals surface area contributed by atoms with E-state index in [2.05, 4.69) is 21.6 Å². The maximum atomic E-state index is 12.0. The molecule has 0 radical (unpaired) electrons. The first-order chi connectivity index (χ1) is 9.89. The van der Waals surface area contributed by atoms with Crippen LogP contribution in [0.15, 0.2) is 0 Å². The van der Waals surface area contributed by atoms with Gasteiger partial charge in [0.15, 0.2) is 0 Å². The largest absolute Gasteiger partial charge is 0.444 e. The average molecular weight is 295 g/mol. The zero-order chi connectivity index (χ0) is 15.5. The molecule has 0 spiro atoms. The van der Waals surface area contributed by atoms with E-state index in [4.69, 9.17) is 10.00 Å². The number of carbonyl (C=O) groups is 1. The predicted molar refractivity (Wildman–Crippen MR) is 78.6 cm³/mol. The summed E-state index contributed by atoms with van der Waals surface area (Å²) >= 11 is 0. The van der Waals surface area contributed by atoms with Gasteiger partial charge in [0, 0.05) is 39.3 Å². The highest BCUT2D eigenvalue weighted by atomic mass is 16.6. The lowest BCUT2D eigenvalue weighted by atomic mass is 10.2. The fourth-order valence-corrected chi connectivity index (χ4v) is 2.54. The number of piperazine rings is 2. The summed E-state index contributed by atoms with van der Waals surface area (Å²) < 4.78 is 5.39. The van der Waals surface area contributed by atoms with E-state index in [1.165, 1.54) is 0 Å². The Bertz CT molecular complexity index is 399. The van der Waals surface area contributed by atoms with Gasteiger partial charge in [-0.05, 0) is 20.8 Å². The second kappa shape index (κ2) is 6.60. The highest BCUT2D eigenvalue weighted by molar-refractivity contribution is 5.68. The van der Waals surface area contributed by atoms with Crippen molar-refractivity contribution in [1.29, 1.82) is 5.26 Å². The van der Waals surface area contributed by atoms with Crippen molar-refractivity contribution < 1.29 is 9.53 Å². The molecule has 21 heavy (non-hydrogen) atoms. The van der Waals surface area contributed by atoms with Crippen LogP contribution in [0.1, 0.15) is 20.8 Å². The molecule has 1 amide bonds. The Balaban J connectivity index is 1.76. The molecule has 0 aliphatic carbocycles. The number of amides is 1. The van der Waals surface area contributed by atoms with Gasteiger partial charge < -0.3 is 9.64 Å². The van der Waals surface area contributed by atoms with Gasteiger partial charge in [0.25, 0.3) is 0 Å². The van der Waals surface area contributed by atoms with Crippen LogP contribution in [0.4, 0.5) is 4.79 Å². The van der Waals surface area contributed by atoms with Crippen molar-refractivity contribution in [3.05, 3.63) is 0 Å². The molecule has 0 bridgehead atoms. The Morgan fingerprint density at radius 1 is 1.19 bits per heavy atom. The van der Waals surface area contributed by atoms with E-state index in [1.54, 1.807) is 4.90 Å². The molecule has 2 heterocycles. The standard InChI is InChI=1S/C14H25N5O2/c1-14(2,3)21-13(20)19-6-4-18(5-7-19)12-10-16-11(8-15)9-17-12/h11-12,16-17H,4-7,9-10H2,1-3H3. The number of nitrogens with one attached hydrogen (secondary N) is 2. The number of hydrogen-bond donors (Lipinski definition) is 2. The summed E-state index contributed by atoms with van der Waals surface area (Å²) in [5, 5.41) is 15.4. The SMILES string of the molecule is CC(C)(C)OC(=O)N1CCN(C2CNC(C#N)CN2)CC1. The van der Waals surface area contributed by atoms with E-state index in [0.29, 0.717) is 19.6 Å². The molecule has 2 saturated heterocycles. The van der Waals surface area contributed by atoms with Crippen LogP contribution in [0, 0.1) is 11.3 Å². The predicted octanol–water partition coefficient (Wildman–Crippen LogP) is -0.0498. The Hall–Kier alpha value is -1.36. The maximum Gasteiger partial charge on any atom is 0.410 e. The van der Waals surface area contributed by atoms with Crippen LogP contribution in [-0.4, -0.2) is 73.0 Å². The second-order valence-electron chi connectivity index (χ2n) is 6.52. The third-order valence-corrected chi connectivity index (χ3v) is 3.68. The summed E-state index contributed by atoms with van der Waals surface area (Å²) in [6.07, 6.45) is -0.00295. The van der Waals surface area contributed by atoms with Crippen LogP contribution in [0.2, 0.25) is 0 Å². The van der Waals surface area contributed by atoms with Gasteiger partial charge in [0.2, 0.25) is 0 Å². The molecule has 0 aromatic carbocycles. The van der Waals surface area contributed by atoms with Crippen LogP contribution >= 0.6 is 0 Å². The topological polar surface area (TPSA) is 80.6 Å². The zero-order valence-electron chi connectivity index (χ0n) is 13.1. The van der Waals surface area contributed by atoms with Gasteiger partial charge in [-0.1, -0.05) is 0 Å². The summed E-state index contributed by atoms with van der Waals surface area (Å²) in [4.78, 5) is 16.1. The van der Waals surface area contributed by atoms with E-state index in [-0.39, 0.29) is 18.3 Å². The smallest absolute Gasteiger partial charge is 0.410 e. The quantitative estimate of drug-likeness (QED) is 0.706. The number of ether oxygens (including phenoxy) is 1. The fraction of sp³-hybridized carbons (Fsp3) is 0.857. The lowest BCUT2D eigenvalue weighted by molar-refractivity contribution is 0.00706. The lowest BCUT2D eigenvalue weighted by Crippen LogP contribution is -2.64. The number of rotatable bonds is 1. The van der Waals surface area contributed by atoms with Crippen LogP contribution in [-0.2, 0) is 4.74 Å². The molecule has 118 valence electrons. The maximum absolute atomic E-state index is 12.0. The Kier molecular flexibility index (Phi) is 5.04. The van der Waals surface area contributed by atoms with E-state index >= 15 is 0 Å². The average Bonchev–Trinajstić information content (AvgIpc) is 2.46. The van der Waals surface area contributed by atoms with Crippen molar-refractivity contribution in [2.45, 2.75) is 38.6 Å². The minimum atomic E-state index is -0.449. The number of nitriles is 1. The third kappa shape index (κ3) is 4.56. The van der Waals surface area contributed by atoms with E-state index in [1.807, 2.05) is 20.8 Å². The first kappa shape index (κ1) is 16.0. The summed E-state index contributed by atoms with van der Waals surface area (Å²) in [7, 11) is 0. The molecule has 7 nitrogen and oxygen atoms in total. The van der Waals surface area contributed by atoms with E-state index in [9.17, 15) is 4.79 Å². The molecule has 0 aromatic heterocycles. The molecule has 2 unspecified atom stereocenters. The number of carbonyl (C=O) groups excluding carboxylic acids is 1. The first-order valence-electron chi connectivity index (χ1n) is 7.47. The van der Waals surface area contributed by atoms with Crippen molar-refractivity contribution >= 4 is 6.09 Å². The minimum absolute atomic E-state index is 0.107. The van der Waals surface area contributed by atoms with Gasteiger partial charge >= 0.3 is 6.09 Å². The van der Waals surface area contributed by atoms with Crippen molar-refractivity contribution in [2.75, 3.05) is 39.3 Å². The summed E-state index contributed by atoms with van der Waals surface area (Å²) in [5.74, 6) is 0. The highest BCUT2D eigenvalue weighted by Crippen LogP contribution is 2.13. The summed E-state index contributed by atoms with van der Waals surface area (Å²) in [5.41, 5.74) is -0.449. The van der Waals surface area contributed by atoms with Crippen molar-refractivity contribution in [2.24, 2.45) is 0 Å². The minimum Gasteiger partial charge on any atom is -0.444 e. The van der Waals surface area contributed by atoms with Crippen molar-refractivity contribution in [1.82, 2.24) is 20.4 Å². The molecule has 0 saturated carbocycles. The highest BCUT2D eigenvalue weighted by Gasteiger charge is 2.30. The fourth-order valence-electron chi connectivity index (χ4n) is 2.54. The molecule has 2 N–H and O–H groups in total. The van der Waals surface area contributed by atoms with Gasteiger partial charge in [-0.15, -0.1) is 0 Å². The monoisotopic (exact) mass is 295 g/mol. The van der Waals surface area contributed by atoms with Crippen LogP contribution in [0.5, 0.6) is 0 Å². The van der Waals surface area contributed by atoms with E-state index in [0.717, 1.165) is 19.6 Å². The molecular weight excluding hydrogens is 270 g/mol. The van der Waals surface area contributed by atoms with Gasteiger partial charge in [0.1, 0.15) is 11.6 Å². The van der Waals surface area contributed by atoms with Crippen LogP contribution in [0.3, 0.4) is 0 Å². The second-order valence-corrected chi connectivity index (χ2v) is 6.52. The van der Waals surface area contributed by atoms with Gasteiger partial charge in [0.05, 0.1) is 12.2 Å². The van der Waals surface area contributed by atoms with E-state index < -0.39 is 5.60 Å². The molecule has 2 rings (SSSR count). The molecule has 2 aliphatic rings.